The second-order valence-corrected chi connectivity index (χ2v) is 9.26. The zero-order valence-corrected chi connectivity index (χ0v) is 19.7. The number of hydrogen-bond donors (Lipinski definition) is 1. The second-order valence-electron chi connectivity index (χ2n) is 9.26. The fraction of sp³-hybridized carbons (Fsp3) is 0.385. The topological polar surface area (TPSA) is 88.9 Å². The highest BCUT2D eigenvalue weighted by molar-refractivity contribution is 5.79. The van der Waals surface area contributed by atoms with Gasteiger partial charge in [0.05, 0.1) is 19.2 Å². The molecule has 0 saturated carbocycles. The van der Waals surface area contributed by atoms with E-state index in [2.05, 4.69) is 69.6 Å². The number of H-pyrrole nitrogens is 1. The summed E-state index contributed by atoms with van der Waals surface area (Å²) in [7, 11) is 0. The van der Waals surface area contributed by atoms with Gasteiger partial charge in [-0.15, -0.1) is 5.10 Å². The van der Waals surface area contributed by atoms with Crippen molar-refractivity contribution in [1.29, 1.82) is 0 Å². The summed E-state index contributed by atoms with van der Waals surface area (Å²) < 4.78 is 7.62. The molecule has 2 aromatic carbocycles. The van der Waals surface area contributed by atoms with Crippen molar-refractivity contribution in [2.75, 3.05) is 6.61 Å². The monoisotopic (exact) mass is 458 g/mol. The lowest BCUT2D eigenvalue weighted by Crippen LogP contribution is -2.29. The Labute approximate surface area is 198 Å². The molecule has 0 radical (unpaired) electrons. The molecular weight excluding hydrogens is 428 g/mol. The molecule has 176 valence electrons. The van der Waals surface area contributed by atoms with Crippen LogP contribution < -0.4 is 5.56 Å². The lowest BCUT2D eigenvalue weighted by Gasteiger charge is -2.22. The van der Waals surface area contributed by atoms with E-state index in [1.165, 1.54) is 11.1 Å². The molecule has 0 bridgehead atoms. The van der Waals surface area contributed by atoms with Gasteiger partial charge in [0.1, 0.15) is 0 Å². The van der Waals surface area contributed by atoms with E-state index in [0.717, 1.165) is 47.3 Å². The van der Waals surface area contributed by atoms with E-state index in [9.17, 15) is 4.79 Å². The van der Waals surface area contributed by atoms with Crippen LogP contribution in [0.25, 0.3) is 10.9 Å². The van der Waals surface area contributed by atoms with Gasteiger partial charge in [-0.05, 0) is 66.3 Å². The van der Waals surface area contributed by atoms with E-state index in [-0.39, 0.29) is 11.7 Å². The number of aromatic amines is 1. The summed E-state index contributed by atoms with van der Waals surface area (Å²) in [4.78, 5) is 18.2. The van der Waals surface area contributed by atoms with Gasteiger partial charge in [0.2, 0.25) is 0 Å². The molecule has 34 heavy (non-hydrogen) atoms. The van der Waals surface area contributed by atoms with Crippen LogP contribution >= 0.6 is 0 Å². The van der Waals surface area contributed by atoms with Crippen LogP contribution in [0.5, 0.6) is 0 Å². The number of nitrogens with zero attached hydrogens (tertiary/aromatic N) is 5. The number of nitrogens with one attached hydrogen (secondary N) is 1. The normalized spacial score (nSPS) is 16.0. The Morgan fingerprint density at radius 2 is 1.88 bits per heavy atom. The van der Waals surface area contributed by atoms with Gasteiger partial charge < -0.3 is 9.72 Å². The molecule has 1 atom stereocenters. The van der Waals surface area contributed by atoms with Crippen molar-refractivity contribution < 1.29 is 4.74 Å². The van der Waals surface area contributed by atoms with Crippen LogP contribution in [-0.2, 0) is 30.9 Å². The molecule has 2 aromatic heterocycles. The molecular formula is C26H30N6O2. The van der Waals surface area contributed by atoms with E-state index in [4.69, 9.17) is 4.74 Å². The fourth-order valence-electron chi connectivity index (χ4n) is 4.51. The number of tetrazole rings is 1. The van der Waals surface area contributed by atoms with E-state index in [1.807, 2.05) is 22.9 Å². The zero-order valence-electron chi connectivity index (χ0n) is 19.7. The average molecular weight is 459 g/mol. The third kappa shape index (κ3) is 5.24. The predicted molar refractivity (Wildman–Crippen MR) is 130 cm³/mol. The Balaban J connectivity index is 1.42. The highest BCUT2D eigenvalue weighted by Gasteiger charge is 2.20. The molecule has 0 unspecified atom stereocenters. The van der Waals surface area contributed by atoms with Crippen molar-refractivity contribution in [3.05, 3.63) is 87.0 Å². The maximum atomic E-state index is 12.9. The van der Waals surface area contributed by atoms with Gasteiger partial charge in [-0.2, -0.15) is 0 Å². The first-order valence-corrected chi connectivity index (χ1v) is 11.8. The van der Waals surface area contributed by atoms with Crippen molar-refractivity contribution in [3.8, 4) is 0 Å². The highest BCUT2D eigenvalue weighted by Crippen LogP contribution is 2.18. The fourth-order valence-corrected chi connectivity index (χ4v) is 4.51. The number of fused-ring (bicyclic) bond motifs is 1. The summed E-state index contributed by atoms with van der Waals surface area (Å²) in [5, 5.41) is 13.5. The number of rotatable bonds is 8. The maximum Gasteiger partial charge on any atom is 0.252 e. The molecule has 4 aromatic rings. The van der Waals surface area contributed by atoms with Crippen molar-refractivity contribution in [3.63, 3.8) is 0 Å². The van der Waals surface area contributed by atoms with Crippen LogP contribution in [0.1, 0.15) is 40.9 Å². The molecule has 0 amide bonds. The molecule has 1 aliphatic heterocycles. The van der Waals surface area contributed by atoms with Gasteiger partial charge in [0.15, 0.2) is 5.82 Å². The number of benzene rings is 2. The van der Waals surface area contributed by atoms with Gasteiger partial charge >= 0.3 is 0 Å². The first-order chi connectivity index (χ1) is 16.5. The molecule has 8 nitrogen and oxygen atoms in total. The Hall–Kier alpha value is -3.36. The first-order valence-electron chi connectivity index (χ1n) is 11.8. The largest absolute Gasteiger partial charge is 0.376 e. The van der Waals surface area contributed by atoms with Crippen molar-refractivity contribution in [1.82, 2.24) is 30.1 Å². The van der Waals surface area contributed by atoms with E-state index >= 15 is 0 Å². The van der Waals surface area contributed by atoms with Crippen LogP contribution in [0.2, 0.25) is 0 Å². The van der Waals surface area contributed by atoms with Crippen LogP contribution in [0.3, 0.4) is 0 Å². The predicted octanol–water partition coefficient (Wildman–Crippen LogP) is 3.51. The summed E-state index contributed by atoms with van der Waals surface area (Å²) in [6, 6.07) is 16.5. The van der Waals surface area contributed by atoms with Crippen molar-refractivity contribution in [2.45, 2.75) is 59.0 Å². The van der Waals surface area contributed by atoms with Gasteiger partial charge in [-0.1, -0.05) is 41.5 Å². The molecule has 1 aliphatic rings. The minimum Gasteiger partial charge on any atom is -0.376 e. The quantitative estimate of drug-likeness (QED) is 0.435. The maximum absolute atomic E-state index is 12.9. The summed E-state index contributed by atoms with van der Waals surface area (Å²) in [6.07, 6.45) is 2.25. The van der Waals surface area contributed by atoms with E-state index in [1.54, 1.807) is 0 Å². The highest BCUT2D eigenvalue weighted by atomic mass is 16.5. The van der Waals surface area contributed by atoms with Gasteiger partial charge in [-0.3, -0.25) is 9.69 Å². The molecule has 0 spiro atoms. The second kappa shape index (κ2) is 9.87. The molecule has 3 heterocycles. The molecule has 1 fully saturated rings. The number of pyridine rings is 1. The number of hydrogen-bond acceptors (Lipinski definition) is 6. The van der Waals surface area contributed by atoms with Crippen LogP contribution in [0.4, 0.5) is 0 Å². The van der Waals surface area contributed by atoms with Gasteiger partial charge in [-0.25, -0.2) is 4.68 Å². The molecule has 1 saturated heterocycles. The van der Waals surface area contributed by atoms with Crippen LogP contribution in [0.15, 0.2) is 53.3 Å². The smallest absolute Gasteiger partial charge is 0.252 e. The standard InChI is InChI=1S/C26H30N6O2/c1-18-5-8-20(9-6-18)14-31(17-25-28-29-30-32(25)16-23-4-3-11-34-23)15-22-13-21-12-19(2)7-10-24(21)27-26(22)33/h5-10,12-13,23H,3-4,11,14-17H2,1-2H3,(H,27,33)/t23-/m1/s1. The zero-order chi connectivity index (χ0) is 23.5. The minimum atomic E-state index is -0.0655. The number of ether oxygens (including phenoxy) is 1. The summed E-state index contributed by atoms with van der Waals surface area (Å²) in [5.41, 5.74) is 5.07. The Bertz CT molecular complexity index is 1320. The van der Waals surface area contributed by atoms with E-state index in [0.29, 0.717) is 26.2 Å². The molecule has 0 aliphatic carbocycles. The SMILES string of the molecule is Cc1ccc(CN(Cc2cc3cc(C)ccc3[nH]c2=O)Cc2nnnn2C[C@H]2CCCO2)cc1. The number of aromatic nitrogens is 5. The minimum absolute atomic E-state index is 0.0655. The Morgan fingerprint density at radius 3 is 2.68 bits per heavy atom. The molecule has 8 heteroatoms. The lowest BCUT2D eigenvalue weighted by molar-refractivity contribution is 0.0914. The Morgan fingerprint density at radius 1 is 1.06 bits per heavy atom. The summed E-state index contributed by atoms with van der Waals surface area (Å²) in [6.45, 7) is 7.28. The van der Waals surface area contributed by atoms with Crippen molar-refractivity contribution >= 4 is 10.9 Å². The number of aryl methyl sites for hydroxylation is 2. The van der Waals surface area contributed by atoms with Crippen molar-refractivity contribution in [2.24, 2.45) is 0 Å². The first kappa shape index (κ1) is 22.4. The van der Waals surface area contributed by atoms with Crippen LogP contribution in [-0.4, -0.2) is 42.8 Å². The van der Waals surface area contributed by atoms with Gasteiger partial charge in [0, 0.05) is 30.8 Å². The molecule has 5 rings (SSSR count). The average Bonchev–Trinajstić information content (AvgIpc) is 3.49. The third-order valence-electron chi connectivity index (χ3n) is 6.37. The van der Waals surface area contributed by atoms with E-state index < -0.39 is 0 Å². The van der Waals surface area contributed by atoms with Crippen LogP contribution in [0, 0.1) is 13.8 Å². The van der Waals surface area contributed by atoms with Gasteiger partial charge in [0.25, 0.3) is 5.56 Å². The Kier molecular flexibility index (Phi) is 6.51. The summed E-state index contributed by atoms with van der Waals surface area (Å²) in [5.74, 6) is 0.774. The summed E-state index contributed by atoms with van der Waals surface area (Å²) >= 11 is 0. The third-order valence-corrected chi connectivity index (χ3v) is 6.37. The molecule has 1 N–H and O–H groups in total. The lowest BCUT2D eigenvalue weighted by atomic mass is 10.1.